The van der Waals surface area contributed by atoms with Crippen molar-refractivity contribution in [2.24, 2.45) is 12.5 Å². The number of anilines is 1. The molecular weight excluding hydrogens is 498 g/mol. The largest absolute Gasteiger partial charge is 0.456 e. The highest BCUT2D eigenvalue weighted by Gasteiger charge is 2.50. The maximum atomic E-state index is 13.1. The van der Waals surface area contributed by atoms with E-state index in [1.165, 1.54) is 21.7 Å². The van der Waals surface area contributed by atoms with Crippen LogP contribution in [0.5, 0.6) is 11.5 Å². The molecule has 37 heavy (non-hydrogen) atoms. The second-order valence-corrected chi connectivity index (χ2v) is 11.3. The topological polar surface area (TPSA) is 140 Å². The summed E-state index contributed by atoms with van der Waals surface area (Å²) in [6, 6.07) is 6.23. The van der Waals surface area contributed by atoms with Crippen molar-refractivity contribution in [3.05, 3.63) is 49.1 Å². The first kappa shape index (κ1) is 24.8. The van der Waals surface area contributed by atoms with Gasteiger partial charge in [0.15, 0.2) is 0 Å². The van der Waals surface area contributed by atoms with Gasteiger partial charge in [-0.1, -0.05) is 0 Å². The standard InChI is InChI=1S/C24H27N7O5S/c1-29-16-17(14-27-29)20-13-18(5-9-25-20)36-19-3-4-21(26-15-19)28-23(33)31-12-8-24(22(31)32)6-10-30(11-7-24)37(2,34)35/h3-5,9,13-16H,6-8,10-12H2,1-2H3,(H,26,28,33). The van der Waals surface area contributed by atoms with Crippen LogP contribution in [0, 0.1) is 5.41 Å². The summed E-state index contributed by atoms with van der Waals surface area (Å²) in [5.41, 5.74) is 0.892. The molecule has 1 spiro atoms. The summed E-state index contributed by atoms with van der Waals surface area (Å²) < 4.78 is 32.5. The molecule has 3 aromatic rings. The molecule has 5 rings (SSSR count). The van der Waals surface area contributed by atoms with Gasteiger partial charge in [0.05, 0.1) is 29.8 Å². The monoisotopic (exact) mass is 525 g/mol. The van der Waals surface area contributed by atoms with Crippen LogP contribution in [0.15, 0.2) is 49.1 Å². The Morgan fingerprint density at radius 2 is 1.81 bits per heavy atom. The summed E-state index contributed by atoms with van der Waals surface area (Å²) in [5.74, 6) is 1.06. The van der Waals surface area contributed by atoms with Crippen molar-refractivity contribution in [3.8, 4) is 22.8 Å². The zero-order valence-corrected chi connectivity index (χ0v) is 21.3. The number of ether oxygens (including phenoxy) is 1. The van der Waals surface area contributed by atoms with Crippen LogP contribution in [0.25, 0.3) is 11.3 Å². The molecule has 0 bridgehead atoms. The molecule has 3 amide bonds. The van der Waals surface area contributed by atoms with Crippen LogP contribution in [-0.4, -0.2) is 75.2 Å². The number of amides is 3. The molecule has 2 saturated heterocycles. The van der Waals surface area contributed by atoms with E-state index < -0.39 is 21.5 Å². The first-order valence-electron chi connectivity index (χ1n) is 11.8. The smallest absolute Gasteiger partial charge is 0.329 e. The van der Waals surface area contributed by atoms with Crippen molar-refractivity contribution in [3.63, 3.8) is 0 Å². The quantitative estimate of drug-likeness (QED) is 0.536. The molecule has 0 aliphatic carbocycles. The molecule has 0 unspecified atom stereocenters. The second-order valence-electron chi connectivity index (χ2n) is 9.34. The number of pyridine rings is 2. The Morgan fingerprint density at radius 1 is 1.05 bits per heavy atom. The number of sulfonamides is 1. The number of hydrogen-bond donors (Lipinski definition) is 1. The number of carbonyl (C=O) groups is 2. The van der Waals surface area contributed by atoms with Gasteiger partial charge in [-0.3, -0.25) is 24.7 Å². The van der Waals surface area contributed by atoms with Gasteiger partial charge in [0.2, 0.25) is 15.9 Å². The van der Waals surface area contributed by atoms with E-state index in [1.807, 2.05) is 13.2 Å². The first-order chi connectivity index (χ1) is 17.6. The average molecular weight is 526 g/mol. The van der Waals surface area contributed by atoms with Crippen molar-refractivity contribution in [2.75, 3.05) is 31.2 Å². The van der Waals surface area contributed by atoms with E-state index in [1.54, 1.807) is 41.3 Å². The molecule has 2 aliphatic rings. The van der Waals surface area contributed by atoms with Crippen LogP contribution < -0.4 is 10.1 Å². The average Bonchev–Trinajstić information content (AvgIpc) is 3.44. The summed E-state index contributed by atoms with van der Waals surface area (Å²) in [7, 11) is -1.46. The second kappa shape index (κ2) is 9.56. The van der Waals surface area contributed by atoms with E-state index in [0.717, 1.165) is 11.3 Å². The normalized spacial score (nSPS) is 17.8. The van der Waals surface area contributed by atoms with E-state index in [2.05, 4.69) is 20.4 Å². The Morgan fingerprint density at radius 3 is 2.46 bits per heavy atom. The van der Waals surface area contributed by atoms with Crippen molar-refractivity contribution in [2.45, 2.75) is 19.3 Å². The number of imide groups is 1. The highest BCUT2D eigenvalue weighted by Crippen LogP contribution is 2.42. The minimum Gasteiger partial charge on any atom is -0.456 e. The fraction of sp³-hybridized carbons (Fsp3) is 0.375. The van der Waals surface area contributed by atoms with Gasteiger partial charge >= 0.3 is 6.03 Å². The zero-order valence-electron chi connectivity index (χ0n) is 20.5. The lowest BCUT2D eigenvalue weighted by Crippen LogP contribution is -2.47. The predicted molar refractivity (Wildman–Crippen MR) is 134 cm³/mol. The Bertz CT molecular complexity index is 1430. The van der Waals surface area contributed by atoms with E-state index in [9.17, 15) is 18.0 Å². The number of nitrogens with zero attached hydrogens (tertiary/aromatic N) is 6. The molecule has 0 saturated carbocycles. The van der Waals surface area contributed by atoms with Gasteiger partial charge in [-0.25, -0.2) is 22.5 Å². The minimum absolute atomic E-state index is 0.264. The molecule has 0 atom stereocenters. The number of aromatic nitrogens is 4. The number of carbonyl (C=O) groups excluding carboxylic acids is 2. The highest BCUT2D eigenvalue weighted by atomic mass is 32.2. The third kappa shape index (κ3) is 5.18. The lowest BCUT2D eigenvalue weighted by Gasteiger charge is -2.36. The van der Waals surface area contributed by atoms with Gasteiger partial charge in [0, 0.05) is 50.7 Å². The van der Waals surface area contributed by atoms with E-state index >= 15 is 0 Å². The first-order valence-corrected chi connectivity index (χ1v) is 13.6. The molecule has 2 fully saturated rings. The van der Waals surface area contributed by atoms with Gasteiger partial charge in [0.25, 0.3) is 0 Å². The Balaban J connectivity index is 1.19. The number of piperidine rings is 1. The van der Waals surface area contributed by atoms with E-state index in [0.29, 0.717) is 30.8 Å². The lowest BCUT2D eigenvalue weighted by molar-refractivity contribution is -0.135. The number of rotatable bonds is 5. The summed E-state index contributed by atoms with van der Waals surface area (Å²) >= 11 is 0. The molecule has 0 radical (unpaired) electrons. The zero-order chi connectivity index (χ0) is 26.2. The van der Waals surface area contributed by atoms with Crippen LogP contribution in [0.2, 0.25) is 0 Å². The molecular formula is C24H27N7O5S. The van der Waals surface area contributed by atoms with Gasteiger partial charge in [-0.05, 0) is 37.5 Å². The van der Waals surface area contributed by atoms with Crippen molar-refractivity contribution < 1.29 is 22.7 Å². The number of urea groups is 1. The fourth-order valence-corrected chi connectivity index (χ4v) is 5.58. The van der Waals surface area contributed by atoms with E-state index in [-0.39, 0.29) is 31.4 Å². The van der Waals surface area contributed by atoms with Crippen molar-refractivity contribution in [1.82, 2.24) is 29.0 Å². The lowest BCUT2D eigenvalue weighted by atomic mass is 9.77. The molecule has 13 heteroatoms. The molecule has 5 heterocycles. The Labute approximate surface area is 214 Å². The third-order valence-electron chi connectivity index (χ3n) is 6.85. The summed E-state index contributed by atoms with van der Waals surface area (Å²) in [6.45, 7) is 0.848. The summed E-state index contributed by atoms with van der Waals surface area (Å²) in [4.78, 5) is 35.7. The molecule has 12 nitrogen and oxygen atoms in total. The van der Waals surface area contributed by atoms with Crippen LogP contribution >= 0.6 is 0 Å². The maximum absolute atomic E-state index is 13.1. The predicted octanol–water partition coefficient (Wildman–Crippen LogP) is 2.48. The van der Waals surface area contributed by atoms with Crippen LogP contribution in [0.3, 0.4) is 0 Å². The van der Waals surface area contributed by atoms with Gasteiger partial charge < -0.3 is 4.74 Å². The summed E-state index contributed by atoms with van der Waals surface area (Å²) in [5, 5.41) is 6.82. The van der Waals surface area contributed by atoms with Crippen molar-refractivity contribution >= 4 is 27.8 Å². The van der Waals surface area contributed by atoms with Crippen LogP contribution in [-0.2, 0) is 21.9 Å². The summed E-state index contributed by atoms with van der Waals surface area (Å²) in [6.07, 6.45) is 9.20. The molecule has 3 aromatic heterocycles. The van der Waals surface area contributed by atoms with Crippen LogP contribution in [0.1, 0.15) is 19.3 Å². The highest BCUT2D eigenvalue weighted by molar-refractivity contribution is 7.88. The van der Waals surface area contributed by atoms with E-state index in [4.69, 9.17) is 4.74 Å². The number of likely N-dealkylation sites (tertiary alicyclic amines) is 1. The Hall–Kier alpha value is -3.84. The van der Waals surface area contributed by atoms with Crippen LogP contribution in [0.4, 0.5) is 10.6 Å². The fourth-order valence-electron chi connectivity index (χ4n) is 4.74. The number of nitrogens with one attached hydrogen (secondary N) is 1. The minimum atomic E-state index is -3.29. The van der Waals surface area contributed by atoms with Gasteiger partial charge in [0.1, 0.15) is 17.3 Å². The van der Waals surface area contributed by atoms with Gasteiger partial charge in [-0.15, -0.1) is 0 Å². The van der Waals surface area contributed by atoms with Crippen molar-refractivity contribution in [1.29, 1.82) is 0 Å². The van der Waals surface area contributed by atoms with Gasteiger partial charge in [-0.2, -0.15) is 5.10 Å². The molecule has 0 aromatic carbocycles. The maximum Gasteiger partial charge on any atom is 0.329 e. The molecule has 2 aliphatic heterocycles. The number of aryl methyl sites for hydroxylation is 1. The Kier molecular flexibility index (Phi) is 6.42. The third-order valence-corrected chi connectivity index (χ3v) is 8.15. The molecule has 1 N–H and O–H groups in total. The number of hydrogen-bond acceptors (Lipinski definition) is 8. The SMILES string of the molecule is Cn1cc(-c2cc(Oc3ccc(NC(=O)N4CCC5(CCN(S(C)(=O)=O)CC5)C4=O)nc3)ccn2)cn1. The molecule has 194 valence electrons.